The van der Waals surface area contributed by atoms with Gasteiger partial charge in [0.1, 0.15) is 0 Å². The Labute approximate surface area is 130 Å². The van der Waals surface area contributed by atoms with E-state index < -0.39 is 21.7 Å². The van der Waals surface area contributed by atoms with E-state index in [-0.39, 0.29) is 11.4 Å². The van der Waals surface area contributed by atoms with Gasteiger partial charge in [-0.05, 0) is 35.9 Å². The van der Waals surface area contributed by atoms with E-state index >= 15 is 0 Å². The Bertz CT molecular complexity index is 782. The van der Waals surface area contributed by atoms with Gasteiger partial charge in [-0.2, -0.15) is 0 Å². The molecule has 2 aromatic carbocycles. The van der Waals surface area contributed by atoms with Gasteiger partial charge in [0.15, 0.2) is 11.6 Å². The van der Waals surface area contributed by atoms with Crippen molar-refractivity contribution in [2.45, 2.75) is 11.4 Å². The van der Waals surface area contributed by atoms with Crippen LogP contribution < -0.4 is 4.72 Å². The molecule has 2 rings (SSSR count). The molecule has 0 amide bonds. The maximum atomic E-state index is 13.1. The van der Waals surface area contributed by atoms with Crippen LogP contribution in [0.5, 0.6) is 0 Å². The van der Waals surface area contributed by atoms with E-state index in [2.05, 4.69) is 4.72 Å². The quantitative estimate of drug-likeness (QED) is 0.911. The number of nitrogens with one attached hydrogen (secondary N) is 1. The Hall–Kier alpha value is -1.21. The van der Waals surface area contributed by atoms with Crippen molar-refractivity contribution in [1.29, 1.82) is 0 Å². The Kier molecular flexibility index (Phi) is 4.83. The van der Waals surface area contributed by atoms with Gasteiger partial charge in [-0.1, -0.05) is 29.3 Å². The van der Waals surface area contributed by atoms with Crippen LogP contribution in [0.15, 0.2) is 41.3 Å². The number of benzene rings is 2. The zero-order chi connectivity index (χ0) is 15.6. The summed E-state index contributed by atoms with van der Waals surface area (Å²) in [5.41, 5.74) is 0.579. The van der Waals surface area contributed by atoms with Crippen LogP contribution in [0.3, 0.4) is 0 Å². The zero-order valence-electron chi connectivity index (χ0n) is 10.4. The van der Waals surface area contributed by atoms with Gasteiger partial charge < -0.3 is 0 Å². The van der Waals surface area contributed by atoms with Crippen LogP contribution in [0.1, 0.15) is 5.56 Å². The van der Waals surface area contributed by atoms with Gasteiger partial charge >= 0.3 is 0 Å². The largest absolute Gasteiger partial charge is 0.240 e. The third-order valence-corrected chi connectivity index (χ3v) is 4.79. The van der Waals surface area contributed by atoms with Crippen molar-refractivity contribution >= 4 is 33.2 Å². The van der Waals surface area contributed by atoms with Crippen molar-refractivity contribution < 1.29 is 17.2 Å². The van der Waals surface area contributed by atoms with Crippen LogP contribution in [0, 0.1) is 11.6 Å². The normalized spacial score (nSPS) is 11.6. The van der Waals surface area contributed by atoms with Gasteiger partial charge in [0.2, 0.25) is 10.0 Å². The summed E-state index contributed by atoms with van der Waals surface area (Å²) in [6.07, 6.45) is 0. The van der Waals surface area contributed by atoms with Crippen molar-refractivity contribution in [3.63, 3.8) is 0 Å². The van der Waals surface area contributed by atoms with Gasteiger partial charge in [0.25, 0.3) is 0 Å². The fourth-order valence-corrected chi connectivity index (χ4v) is 2.91. The van der Waals surface area contributed by atoms with Crippen molar-refractivity contribution in [2.24, 2.45) is 0 Å². The molecule has 1 N–H and O–H groups in total. The fourth-order valence-electron chi connectivity index (χ4n) is 1.56. The van der Waals surface area contributed by atoms with Gasteiger partial charge in [-0.25, -0.2) is 21.9 Å². The van der Waals surface area contributed by atoms with E-state index in [1.54, 1.807) is 6.07 Å². The minimum atomic E-state index is -3.95. The molecule has 0 unspecified atom stereocenters. The van der Waals surface area contributed by atoms with Crippen LogP contribution in [0.25, 0.3) is 0 Å². The highest BCUT2D eigenvalue weighted by molar-refractivity contribution is 7.89. The lowest BCUT2D eigenvalue weighted by Gasteiger charge is -2.08. The highest BCUT2D eigenvalue weighted by Gasteiger charge is 2.16. The molecule has 21 heavy (non-hydrogen) atoms. The Morgan fingerprint density at radius 2 is 1.67 bits per heavy atom. The second-order valence-electron chi connectivity index (χ2n) is 4.15. The average molecular weight is 352 g/mol. The van der Waals surface area contributed by atoms with Crippen LogP contribution in [-0.2, 0) is 16.6 Å². The number of halogens is 4. The molecule has 0 saturated heterocycles. The first kappa shape index (κ1) is 16.2. The molecule has 0 radical (unpaired) electrons. The third-order valence-electron chi connectivity index (χ3n) is 2.65. The lowest BCUT2D eigenvalue weighted by molar-refractivity contribution is 0.504. The van der Waals surface area contributed by atoms with Gasteiger partial charge in [-0.15, -0.1) is 0 Å². The van der Waals surface area contributed by atoms with E-state index in [4.69, 9.17) is 23.2 Å². The Morgan fingerprint density at radius 1 is 0.952 bits per heavy atom. The first-order chi connectivity index (χ1) is 9.79. The summed E-state index contributed by atoms with van der Waals surface area (Å²) in [5, 5.41) is 0.644. The molecule has 0 aromatic heterocycles. The second kappa shape index (κ2) is 6.27. The van der Waals surface area contributed by atoms with E-state index in [1.165, 1.54) is 12.1 Å². The first-order valence-electron chi connectivity index (χ1n) is 5.68. The molecule has 0 fully saturated rings. The smallest absolute Gasteiger partial charge is 0.207 e. The van der Waals surface area contributed by atoms with Crippen molar-refractivity contribution in [3.8, 4) is 0 Å². The van der Waals surface area contributed by atoms with Crippen LogP contribution in [-0.4, -0.2) is 8.42 Å². The second-order valence-corrected chi connectivity index (χ2v) is 6.73. The highest BCUT2D eigenvalue weighted by atomic mass is 35.5. The van der Waals surface area contributed by atoms with Gasteiger partial charge in [0.05, 0.1) is 14.9 Å². The van der Waals surface area contributed by atoms with Crippen molar-refractivity contribution in [3.05, 3.63) is 63.6 Å². The monoisotopic (exact) mass is 351 g/mol. The lowest BCUT2D eigenvalue weighted by Crippen LogP contribution is -2.23. The summed E-state index contributed by atoms with van der Waals surface area (Å²) in [7, 11) is -3.95. The maximum absolute atomic E-state index is 13.1. The van der Waals surface area contributed by atoms with E-state index in [9.17, 15) is 17.2 Å². The van der Waals surface area contributed by atoms with E-state index in [0.717, 1.165) is 12.1 Å². The molecule has 112 valence electrons. The van der Waals surface area contributed by atoms with Crippen LogP contribution in [0.2, 0.25) is 10.0 Å². The fraction of sp³-hybridized carbons (Fsp3) is 0.0769. The average Bonchev–Trinajstić information content (AvgIpc) is 2.43. The van der Waals surface area contributed by atoms with Crippen LogP contribution in [0.4, 0.5) is 8.78 Å². The minimum Gasteiger partial charge on any atom is -0.207 e. The standard InChI is InChI=1S/C13H9Cl2F2NO2S/c14-10-3-1-8(5-11(10)15)7-18-21(19,20)9-2-4-12(16)13(17)6-9/h1-6,18H,7H2. The topological polar surface area (TPSA) is 46.2 Å². The molecule has 0 aliphatic carbocycles. The molecular weight excluding hydrogens is 343 g/mol. The number of hydrogen-bond acceptors (Lipinski definition) is 2. The minimum absolute atomic E-state index is 0.0573. The first-order valence-corrected chi connectivity index (χ1v) is 7.92. The molecule has 0 aliphatic heterocycles. The number of rotatable bonds is 4. The SMILES string of the molecule is O=S(=O)(NCc1ccc(Cl)c(Cl)c1)c1ccc(F)c(F)c1. The summed E-state index contributed by atoms with van der Waals surface area (Å²) in [5.74, 6) is -2.34. The third kappa shape index (κ3) is 3.91. The highest BCUT2D eigenvalue weighted by Crippen LogP contribution is 2.22. The van der Waals surface area contributed by atoms with Crippen molar-refractivity contribution in [2.75, 3.05) is 0 Å². The molecule has 0 spiro atoms. The Balaban J connectivity index is 2.17. The molecule has 0 aliphatic rings. The summed E-state index contributed by atoms with van der Waals surface area (Å²) < 4.78 is 52.1. The maximum Gasteiger partial charge on any atom is 0.240 e. The number of hydrogen-bond donors (Lipinski definition) is 1. The molecular formula is C13H9Cl2F2NO2S. The van der Waals surface area contributed by atoms with Crippen molar-refractivity contribution in [1.82, 2.24) is 4.72 Å². The molecule has 0 bridgehead atoms. The Morgan fingerprint density at radius 3 is 2.29 bits per heavy atom. The molecule has 0 saturated carbocycles. The summed E-state index contributed by atoms with van der Waals surface area (Å²) in [6, 6.07) is 7.00. The van der Waals surface area contributed by atoms with Gasteiger partial charge in [0, 0.05) is 6.54 Å². The van der Waals surface area contributed by atoms with Gasteiger partial charge in [-0.3, -0.25) is 0 Å². The lowest BCUT2D eigenvalue weighted by atomic mass is 10.2. The van der Waals surface area contributed by atoms with Crippen LogP contribution >= 0.6 is 23.2 Å². The predicted molar refractivity (Wildman–Crippen MR) is 76.8 cm³/mol. The molecule has 3 nitrogen and oxygen atoms in total. The summed E-state index contributed by atoms with van der Waals surface area (Å²) in [6.45, 7) is -0.0573. The molecule has 0 heterocycles. The predicted octanol–water partition coefficient (Wildman–Crippen LogP) is 3.75. The summed E-state index contributed by atoms with van der Waals surface area (Å²) in [4.78, 5) is -0.360. The van der Waals surface area contributed by atoms with E-state index in [1.807, 2.05) is 0 Å². The van der Waals surface area contributed by atoms with E-state index in [0.29, 0.717) is 21.7 Å². The zero-order valence-corrected chi connectivity index (χ0v) is 12.7. The molecule has 2 aromatic rings. The molecule has 8 heteroatoms. The summed E-state index contributed by atoms with van der Waals surface area (Å²) >= 11 is 11.6. The molecule has 0 atom stereocenters. The number of sulfonamides is 1.